The van der Waals surface area contributed by atoms with E-state index in [0.29, 0.717) is 19.5 Å². The highest BCUT2D eigenvalue weighted by Crippen LogP contribution is 2.19. The lowest BCUT2D eigenvalue weighted by atomic mass is 10.1. The van der Waals surface area contributed by atoms with Gasteiger partial charge in [-0.3, -0.25) is 4.79 Å². The number of nitrogens with one attached hydrogen (secondary N) is 1. The van der Waals surface area contributed by atoms with Gasteiger partial charge in [0.1, 0.15) is 5.60 Å². The van der Waals surface area contributed by atoms with Gasteiger partial charge in [0.2, 0.25) is 5.91 Å². The Morgan fingerprint density at radius 2 is 2.00 bits per heavy atom. The number of carbonyl (C=O) groups excluding carboxylic acids is 2. The Morgan fingerprint density at radius 3 is 2.50 bits per heavy atom. The molecule has 16 heavy (non-hydrogen) atoms. The SMILES string of the molecule is CNC(=O)[C@H]1CCN(C(=O)OC(C)(C)C)C1. The van der Waals surface area contributed by atoms with E-state index in [1.165, 1.54) is 0 Å². The molecule has 0 aromatic heterocycles. The molecule has 1 heterocycles. The van der Waals surface area contributed by atoms with E-state index in [2.05, 4.69) is 5.32 Å². The molecule has 0 saturated carbocycles. The zero-order valence-electron chi connectivity index (χ0n) is 10.4. The van der Waals surface area contributed by atoms with Gasteiger partial charge in [-0.2, -0.15) is 0 Å². The van der Waals surface area contributed by atoms with Gasteiger partial charge in [0.25, 0.3) is 0 Å². The zero-order chi connectivity index (χ0) is 12.3. The van der Waals surface area contributed by atoms with E-state index in [9.17, 15) is 9.59 Å². The molecule has 1 fully saturated rings. The number of hydrogen-bond donors (Lipinski definition) is 1. The van der Waals surface area contributed by atoms with Crippen LogP contribution in [-0.4, -0.2) is 42.6 Å². The molecule has 1 rings (SSSR count). The van der Waals surface area contributed by atoms with Crippen LogP contribution in [0, 0.1) is 5.92 Å². The van der Waals surface area contributed by atoms with E-state index in [-0.39, 0.29) is 17.9 Å². The van der Waals surface area contributed by atoms with E-state index < -0.39 is 5.60 Å². The van der Waals surface area contributed by atoms with Crippen LogP contribution in [0.2, 0.25) is 0 Å². The third-order valence-corrected chi connectivity index (χ3v) is 2.46. The smallest absolute Gasteiger partial charge is 0.410 e. The van der Waals surface area contributed by atoms with Crippen molar-refractivity contribution in [2.75, 3.05) is 20.1 Å². The van der Waals surface area contributed by atoms with Gasteiger partial charge in [-0.1, -0.05) is 0 Å². The highest BCUT2D eigenvalue weighted by Gasteiger charge is 2.32. The molecule has 0 unspecified atom stereocenters. The summed E-state index contributed by atoms with van der Waals surface area (Å²) < 4.78 is 5.24. The standard InChI is InChI=1S/C11H20N2O3/c1-11(2,3)16-10(15)13-6-5-8(7-13)9(14)12-4/h8H,5-7H2,1-4H3,(H,12,14)/t8-/m0/s1. The molecule has 0 aromatic rings. The summed E-state index contributed by atoms with van der Waals surface area (Å²) in [6, 6.07) is 0. The first-order valence-corrected chi connectivity index (χ1v) is 5.53. The Balaban J connectivity index is 2.47. The fourth-order valence-corrected chi connectivity index (χ4v) is 1.67. The van der Waals surface area contributed by atoms with Crippen LogP contribution in [0.1, 0.15) is 27.2 Å². The molecule has 1 atom stereocenters. The lowest BCUT2D eigenvalue weighted by Gasteiger charge is -2.24. The number of carbonyl (C=O) groups is 2. The predicted octanol–water partition coefficient (Wildman–Crippen LogP) is 0.989. The first-order chi connectivity index (χ1) is 7.33. The third kappa shape index (κ3) is 3.40. The van der Waals surface area contributed by atoms with E-state index >= 15 is 0 Å². The van der Waals surface area contributed by atoms with Crippen molar-refractivity contribution >= 4 is 12.0 Å². The van der Waals surface area contributed by atoms with Gasteiger partial charge in [-0.25, -0.2) is 4.79 Å². The Kier molecular flexibility index (Phi) is 3.78. The van der Waals surface area contributed by atoms with Gasteiger partial charge < -0.3 is 15.0 Å². The predicted molar refractivity (Wildman–Crippen MR) is 60.0 cm³/mol. The molecule has 2 amide bonds. The van der Waals surface area contributed by atoms with Crippen LogP contribution in [0.4, 0.5) is 4.79 Å². The molecule has 92 valence electrons. The second kappa shape index (κ2) is 4.72. The highest BCUT2D eigenvalue weighted by atomic mass is 16.6. The van der Waals surface area contributed by atoms with E-state index in [1.807, 2.05) is 20.8 Å². The van der Waals surface area contributed by atoms with E-state index in [1.54, 1.807) is 11.9 Å². The largest absolute Gasteiger partial charge is 0.444 e. The van der Waals surface area contributed by atoms with Crippen molar-refractivity contribution in [3.63, 3.8) is 0 Å². The quantitative estimate of drug-likeness (QED) is 0.728. The number of ether oxygens (including phenoxy) is 1. The maximum absolute atomic E-state index is 11.7. The second-order valence-corrected chi connectivity index (χ2v) is 5.03. The number of likely N-dealkylation sites (tertiary alicyclic amines) is 1. The Bertz CT molecular complexity index is 283. The van der Waals surface area contributed by atoms with Crippen LogP contribution in [-0.2, 0) is 9.53 Å². The molecule has 5 nitrogen and oxygen atoms in total. The summed E-state index contributed by atoms with van der Waals surface area (Å²) in [6.45, 7) is 6.53. The summed E-state index contributed by atoms with van der Waals surface area (Å²) in [7, 11) is 1.61. The van der Waals surface area contributed by atoms with Crippen LogP contribution in [0.15, 0.2) is 0 Å². The maximum Gasteiger partial charge on any atom is 0.410 e. The molecule has 1 saturated heterocycles. The summed E-state index contributed by atoms with van der Waals surface area (Å²) in [5.41, 5.74) is -0.484. The Labute approximate surface area is 96.1 Å². The molecular weight excluding hydrogens is 208 g/mol. The van der Waals surface area contributed by atoms with Crippen molar-refractivity contribution in [2.24, 2.45) is 5.92 Å². The summed E-state index contributed by atoms with van der Waals surface area (Å²) in [5.74, 6) is -0.108. The number of amides is 2. The summed E-state index contributed by atoms with van der Waals surface area (Å²) >= 11 is 0. The Morgan fingerprint density at radius 1 is 1.38 bits per heavy atom. The lowest BCUT2D eigenvalue weighted by Crippen LogP contribution is -2.37. The van der Waals surface area contributed by atoms with Crippen LogP contribution < -0.4 is 5.32 Å². The average Bonchev–Trinajstić information content (AvgIpc) is 2.62. The minimum Gasteiger partial charge on any atom is -0.444 e. The van der Waals surface area contributed by atoms with Crippen molar-refractivity contribution in [2.45, 2.75) is 32.8 Å². The summed E-state index contributed by atoms with van der Waals surface area (Å²) in [5, 5.41) is 2.60. The molecule has 0 aromatic carbocycles. The van der Waals surface area contributed by atoms with Crippen molar-refractivity contribution in [3.8, 4) is 0 Å². The van der Waals surface area contributed by atoms with Crippen LogP contribution >= 0.6 is 0 Å². The van der Waals surface area contributed by atoms with Crippen molar-refractivity contribution in [1.29, 1.82) is 0 Å². The summed E-state index contributed by atoms with van der Waals surface area (Å²) in [4.78, 5) is 24.7. The fraction of sp³-hybridized carbons (Fsp3) is 0.818. The fourth-order valence-electron chi connectivity index (χ4n) is 1.67. The lowest BCUT2D eigenvalue weighted by molar-refractivity contribution is -0.124. The van der Waals surface area contributed by atoms with Gasteiger partial charge in [-0.15, -0.1) is 0 Å². The van der Waals surface area contributed by atoms with Crippen LogP contribution in [0.5, 0.6) is 0 Å². The van der Waals surface area contributed by atoms with Gasteiger partial charge in [0, 0.05) is 20.1 Å². The van der Waals surface area contributed by atoms with E-state index in [4.69, 9.17) is 4.74 Å². The van der Waals surface area contributed by atoms with Crippen molar-refractivity contribution in [1.82, 2.24) is 10.2 Å². The van der Waals surface area contributed by atoms with Crippen molar-refractivity contribution < 1.29 is 14.3 Å². The zero-order valence-corrected chi connectivity index (χ0v) is 10.4. The van der Waals surface area contributed by atoms with Gasteiger partial charge in [0.05, 0.1) is 5.92 Å². The molecule has 1 N–H and O–H groups in total. The normalized spacial score (nSPS) is 20.8. The number of rotatable bonds is 1. The first-order valence-electron chi connectivity index (χ1n) is 5.53. The minimum absolute atomic E-state index is 0.00828. The number of nitrogens with zero attached hydrogens (tertiary/aromatic N) is 1. The molecule has 0 spiro atoms. The maximum atomic E-state index is 11.7. The van der Waals surface area contributed by atoms with E-state index in [0.717, 1.165) is 0 Å². The van der Waals surface area contributed by atoms with Gasteiger partial charge >= 0.3 is 6.09 Å². The summed E-state index contributed by atoms with van der Waals surface area (Å²) in [6.07, 6.45) is 0.373. The Hall–Kier alpha value is -1.26. The molecule has 5 heteroatoms. The molecular formula is C11H20N2O3. The molecule has 0 aliphatic carbocycles. The molecule has 0 bridgehead atoms. The molecule has 0 radical (unpaired) electrons. The van der Waals surface area contributed by atoms with Crippen LogP contribution in [0.3, 0.4) is 0 Å². The first kappa shape index (κ1) is 12.8. The monoisotopic (exact) mass is 228 g/mol. The van der Waals surface area contributed by atoms with Gasteiger partial charge in [0.15, 0.2) is 0 Å². The second-order valence-electron chi connectivity index (χ2n) is 5.03. The molecule has 1 aliphatic heterocycles. The average molecular weight is 228 g/mol. The highest BCUT2D eigenvalue weighted by molar-refractivity contribution is 5.80. The number of hydrogen-bond acceptors (Lipinski definition) is 3. The topological polar surface area (TPSA) is 58.6 Å². The minimum atomic E-state index is -0.484. The van der Waals surface area contributed by atoms with Crippen molar-refractivity contribution in [3.05, 3.63) is 0 Å². The van der Waals surface area contributed by atoms with Gasteiger partial charge in [-0.05, 0) is 27.2 Å². The third-order valence-electron chi connectivity index (χ3n) is 2.46. The van der Waals surface area contributed by atoms with Crippen LogP contribution in [0.25, 0.3) is 0 Å². The molecule has 1 aliphatic rings.